The molecule has 0 amide bonds. The SMILES string of the molecule is COCc1nc(-c2ccc(F)c(C(C)C)c2)no1. The van der Waals surface area contributed by atoms with E-state index >= 15 is 0 Å². The minimum Gasteiger partial charge on any atom is -0.375 e. The Balaban J connectivity index is 2.35. The summed E-state index contributed by atoms with van der Waals surface area (Å²) >= 11 is 0. The Morgan fingerprint density at radius 2 is 2.17 bits per heavy atom. The van der Waals surface area contributed by atoms with Gasteiger partial charge in [-0.3, -0.25) is 0 Å². The van der Waals surface area contributed by atoms with Crippen molar-refractivity contribution < 1.29 is 13.7 Å². The lowest BCUT2D eigenvalue weighted by molar-refractivity contribution is 0.151. The van der Waals surface area contributed by atoms with E-state index in [0.29, 0.717) is 17.3 Å². The highest BCUT2D eigenvalue weighted by Crippen LogP contribution is 2.24. The van der Waals surface area contributed by atoms with Gasteiger partial charge in [0.2, 0.25) is 5.82 Å². The molecule has 0 spiro atoms. The van der Waals surface area contributed by atoms with Gasteiger partial charge in [-0.1, -0.05) is 19.0 Å². The molecule has 0 saturated heterocycles. The van der Waals surface area contributed by atoms with Crippen LogP contribution in [0.4, 0.5) is 4.39 Å². The van der Waals surface area contributed by atoms with Gasteiger partial charge >= 0.3 is 0 Å². The van der Waals surface area contributed by atoms with Gasteiger partial charge in [-0.05, 0) is 29.7 Å². The summed E-state index contributed by atoms with van der Waals surface area (Å²) in [5, 5.41) is 3.85. The third kappa shape index (κ3) is 2.56. The van der Waals surface area contributed by atoms with Crippen LogP contribution in [0.25, 0.3) is 11.4 Å². The topological polar surface area (TPSA) is 48.2 Å². The molecule has 1 heterocycles. The zero-order valence-corrected chi connectivity index (χ0v) is 10.6. The molecule has 18 heavy (non-hydrogen) atoms. The molecule has 0 aliphatic carbocycles. The summed E-state index contributed by atoms with van der Waals surface area (Å²) in [5.41, 5.74) is 1.39. The van der Waals surface area contributed by atoms with Crippen molar-refractivity contribution in [3.8, 4) is 11.4 Å². The maximum atomic E-state index is 13.6. The lowest BCUT2D eigenvalue weighted by Gasteiger charge is -2.07. The van der Waals surface area contributed by atoms with Crippen molar-refractivity contribution in [1.29, 1.82) is 0 Å². The first kappa shape index (κ1) is 12.7. The van der Waals surface area contributed by atoms with Gasteiger partial charge in [0.05, 0.1) is 0 Å². The van der Waals surface area contributed by atoms with Crippen LogP contribution >= 0.6 is 0 Å². The minimum absolute atomic E-state index is 0.107. The maximum Gasteiger partial charge on any atom is 0.252 e. The van der Waals surface area contributed by atoms with Gasteiger partial charge in [0.25, 0.3) is 5.89 Å². The van der Waals surface area contributed by atoms with Crippen LogP contribution in [0.15, 0.2) is 22.7 Å². The fourth-order valence-electron chi connectivity index (χ4n) is 1.68. The van der Waals surface area contributed by atoms with E-state index in [0.717, 1.165) is 5.56 Å². The molecular weight excluding hydrogens is 235 g/mol. The molecule has 0 saturated carbocycles. The highest BCUT2D eigenvalue weighted by molar-refractivity contribution is 5.56. The number of rotatable bonds is 4. The van der Waals surface area contributed by atoms with Gasteiger partial charge in [0.1, 0.15) is 12.4 Å². The van der Waals surface area contributed by atoms with Crippen LogP contribution in [-0.2, 0) is 11.3 Å². The molecule has 4 nitrogen and oxygen atoms in total. The molecule has 1 aromatic heterocycles. The Hall–Kier alpha value is -1.75. The largest absolute Gasteiger partial charge is 0.375 e. The predicted octanol–water partition coefficient (Wildman–Crippen LogP) is 3.15. The number of methoxy groups -OCH3 is 1. The Morgan fingerprint density at radius 3 is 2.83 bits per heavy atom. The average molecular weight is 250 g/mol. The highest BCUT2D eigenvalue weighted by atomic mass is 19.1. The van der Waals surface area contributed by atoms with Crippen LogP contribution in [0.3, 0.4) is 0 Å². The smallest absolute Gasteiger partial charge is 0.252 e. The Bertz CT molecular complexity index is 538. The third-order valence-corrected chi connectivity index (χ3v) is 2.61. The van der Waals surface area contributed by atoms with E-state index in [1.165, 1.54) is 6.07 Å². The Labute approximate surface area is 105 Å². The molecule has 2 aromatic rings. The van der Waals surface area contributed by atoms with Crippen LogP contribution in [0.1, 0.15) is 31.2 Å². The molecule has 0 fully saturated rings. The van der Waals surface area contributed by atoms with Crippen molar-refractivity contribution in [3.05, 3.63) is 35.5 Å². The molecule has 1 aromatic carbocycles. The molecule has 0 bridgehead atoms. The second-order valence-electron chi connectivity index (χ2n) is 4.34. The van der Waals surface area contributed by atoms with E-state index in [1.807, 2.05) is 13.8 Å². The molecular formula is C13H15FN2O2. The minimum atomic E-state index is -0.214. The number of hydrogen-bond acceptors (Lipinski definition) is 4. The van der Waals surface area contributed by atoms with Crippen LogP contribution in [-0.4, -0.2) is 17.3 Å². The first-order valence-electron chi connectivity index (χ1n) is 5.73. The van der Waals surface area contributed by atoms with Crippen molar-refractivity contribution in [1.82, 2.24) is 10.1 Å². The Morgan fingerprint density at radius 1 is 1.39 bits per heavy atom. The zero-order chi connectivity index (χ0) is 13.1. The summed E-state index contributed by atoms with van der Waals surface area (Å²) < 4.78 is 23.5. The van der Waals surface area contributed by atoms with Crippen molar-refractivity contribution in [2.45, 2.75) is 26.4 Å². The lowest BCUT2D eigenvalue weighted by Crippen LogP contribution is -1.94. The van der Waals surface area contributed by atoms with Crippen molar-refractivity contribution in [3.63, 3.8) is 0 Å². The van der Waals surface area contributed by atoms with Gasteiger partial charge < -0.3 is 9.26 Å². The van der Waals surface area contributed by atoms with Crippen molar-refractivity contribution in [2.75, 3.05) is 7.11 Å². The quantitative estimate of drug-likeness (QED) is 0.836. The highest BCUT2D eigenvalue weighted by Gasteiger charge is 2.12. The van der Waals surface area contributed by atoms with E-state index in [9.17, 15) is 4.39 Å². The molecule has 0 aliphatic heterocycles. The van der Waals surface area contributed by atoms with Crippen molar-refractivity contribution in [2.24, 2.45) is 0 Å². The summed E-state index contributed by atoms with van der Waals surface area (Å²) in [5.74, 6) is 0.747. The average Bonchev–Trinajstić information content (AvgIpc) is 2.78. The molecule has 0 aliphatic rings. The van der Waals surface area contributed by atoms with E-state index < -0.39 is 0 Å². The predicted molar refractivity (Wildman–Crippen MR) is 64.5 cm³/mol. The summed E-state index contributed by atoms with van der Waals surface area (Å²) in [4.78, 5) is 4.18. The molecule has 0 unspecified atom stereocenters. The second kappa shape index (κ2) is 5.27. The van der Waals surface area contributed by atoms with Gasteiger partial charge in [-0.15, -0.1) is 0 Å². The summed E-state index contributed by atoms with van der Waals surface area (Å²) in [6.45, 7) is 4.15. The van der Waals surface area contributed by atoms with Crippen LogP contribution in [0.5, 0.6) is 0 Å². The summed E-state index contributed by atoms with van der Waals surface area (Å²) in [6.07, 6.45) is 0. The van der Waals surface area contributed by atoms with E-state index in [4.69, 9.17) is 9.26 Å². The first-order chi connectivity index (χ1) is 8.61. The van der Waals surface area contributed by atoms with Gasteiger partial charge in [0, 0.05) is 12.7 Å². The number of aromatic nitrogens is 2. The summed E-state index contributed by atoms with van der Waals surface area (Å²) in [7, 11) is 1.55. The Kier molecular flexibility index (Phi) is 3.72. The third-order valence-electron chi connectivity index (χ3n) is 2.61. The monoisotopic (exact) mass is 250 g/mol. The fraction of sp³-hybridized carbons (Fsp3) is 0.385. The van der Waals surface area contributed by atoms with Gasteiger partial charge in [-0.25, -0.2) is 4.39 Å². The van der Waals surface area contributed by atoms with E-state index in [2.05, 4.69) is 10.1 Å². The molecule has 0 atom stereocenters. The maximum absolute atomic E-state index is 13.6. The van der Waals surface area contributed by atoms with E-state index in [-0.39, 0.29) is 18.3 Å². The van der Waals surface area contributed by atoms with E-state index in [1.54, 1.807) is 19.2 Å². The molecule has 2 rings (SSSR count). The molecule has 96 valence electrons. The second-order valence-corrected chi connectivity index (χ2v) is 4.34. The number of hydrogen-bond donors (Lipinski definition) is 0. The number of halogens is 1. The molecule has 0 N–H and O–H groups in total. The zero-order valence-electron chi connectivity index (χ0n) is 10.6. The molecule has 5 heteroatoms. The normalized spacial score (nSPS) is 11.2. The number of benzene rings is 1. The standard InChI is InChI=1S/C13H15FN2O2/c1-8(2)10-6-9(4-5-11(10)14)13-15-12(7-17-3)18-16-13/h4-6,8H,7H2,1-3H3. The fourth-order valence-corrected chi connectivity index (χ4v) is 1.68. The summed E-state index contributed by atoms with van der Waals surface area (Å²) in [6, 6.07) is 4.82. The van der Waals surface area contributed by atoms with Gasteiger partial charge in [-0.2, -0.15) is 4.98 Å². The van der Waals surface area contributed by atoms with Crippen LogP contribution in [0.2, 0.25) is 0 Å². The van der Waals surface area contributed by atoms with Crippen molar-refractivity contribution >= 4 is 0 Å². The van der Waals surface area contributed by atoms with Crippen LogP contribution in [0, 0.1) is 5.82 Å². The number of ether oxygens (including phenoxy) is 1. The van der Waals surface area contributed by atoms with Gasteiger partial charge in [0.15, 0.2) is 0 Å². The lowest BCUT2D eigenvalue weighted by atomic mass is 10.00. The molecule has 0 radical (unpaired) electrons. The number of nitrogens with zero attached hydrogens (tertiary/aromatic N) is 2. The van der Waals surface area contributed by atoms with Crippen LogP contribution < -0.4 is 0 Å². The first-order valence-corrected chi connectivity index (χ1v) is 5.73.